The van der Waals surface area contributed by atoms with Crippen LogP contribution in [0.15, 0.2) is 10.2 Å². The van der Waals surface area contributed by atoms with Crippen LogP contribution in [0.1, 0.15) is 82.5 Å². The Labute approximate surface area is 215 Å². The quantitative estimate of drug-likeness (QED) is 0.154. The molecule has 0 bridgehead atoms. The number of hydrogen-bond donors (Lipinski definition) is 0. The Bertz CT molecular complexity index is 1170. The maximum atomic E-state index is 13.1. The third-order valence-electron chi connectivity index (χ3n) is 6.49. The molecular weight excluding hydrogens is 481 g/mol. The van der Waals surface area contributed by atoms with Crippen LogP contribution in [0.2, 0.25) is 0 Å². The molecule has 3 aromatic rings. The number of fused-ring (bicyclic) bond motifs is 5. The van der Waals surface area contributed by atoms with Crippen LogP contribution in [0.5, 0.6) is 0 Å². The second-order valence-corrected chi connectivity index (χ2v) is 12.1. The first-order valence-corrected chi connectivity index (χ1v) is 15.6. The van der Waals surface area contributed by atoms with E-state index in [2.05, 4.69) is 27.7 Å². The van der Waals surface area contributed by atoms with E-state index in [-0.39, 0.29) is 5.91 Å². The first-order valence-electron chi connectivity index (χ1n) is 12.6. The first-order chi connectivity index (χ1) is 16.5. The summed E-state index contributed by atoms with van der Waals surface area (Å²) in [4.78, 5) is 31.2. The van der Waals surface area contributed by atoms with Crippen LogP contribution in [0.4, 0.5) is 0 Å². The Hall–Kier alpha value is -1.38. The van der Waals surface area contributed by atoms with Crippen LogP contribution in [0, 0.1) is 0 Å². The number of nitrogens with zero attached hydrogens (tertiary/aromatic N) is 4. The number of carbonyl (C=O) groups is 1. The molecule has 0 N–H and O–H groups in total. The smallest absolute Gasteiger partial charge is 0.232 e. The number of carbonyl (C=O) groups excluding carboxylic acids is 1. The summed E-state index contributed by atoms with van der Waals surface area (Å²) in [5.41, 5.74) is 5.17. The third-order valence-corrected chi connectivity index (χ3v) is 9.21. The van der Waals surface area contributed by atoms with Gasteiger partial charge in [0, 0.05) is 24.2 Å². The summed E-state index contributed by atoms with van der Waals surface area (Å²) < 4.78 is 1.08. The minimum atomic E-state index is 0.214. The van der Waals surface area contributed by atoms with Crippen LogP contribution < -0.4 is 0 Å². The topological polar surface area (TPSA) is 59.0 Å². The number of amides is 1. The summed E-state index contributed by atoms with van der Waals surface area (Å²) in [7, 11) is 0. The van der Waals surface area contributed by atoms with E-state index in [9.17, 15) is 4.79 Å². The zero-order valence-electron chi connectivity index (χ0n) is 21.1. The maximum Gasteiger partial charge on any atom is 0.232 e. The van der Waals surface area contributed by atoms with Crippen molar-refractivity contribution < 1.29 is 4.79 Å². The summed E-state index contributed by atoms with van der Waals surface area (Å²) in [5, 5.41) is 2.93. The number of unbranched alkanes of at least 4 members (excludes halogenated alkanes) is 2. The number of pyridine rings is 1. The fraction of sp³-hybridized carbons (Fsp3) is 0.615. The van der Waals surface area contributed by atoms with E-state index in [1.54, 1.807) is 34.9 Å². The second kappa shape index (κ2) is 11.6. The molecule has 5 nitrogen and oxygen atoms in total. The van der Waals surface area contributed by atoms with Gasteiger partial charge in [0.25, 0.3) is 0 Å². The zero-order valence-corrected chi connectivity index (χ0v) is 23.5. The van der Waals surface area contributed by atoms with E-state index >= 15 is 0 Å². The highest BCUT2D eigenvalue weighted by Crippen LogP contribution is 2.43. The van der Waals surface area contributed by atoms with E-state index in [4.69, 9.17) is 15.0 Å². The normalized spacial score (nSPS) is 13.4. The predicted molar refractivity (Wildman–Crippen MR) is 148 cm³/mol. The maximum absolute atomic E-state index is 13.1. The van der Waals surface area contributed by atoms with Crippen LogP contribution >= 0.6 is 34.9 Å². The molecular formula is C26H36N4OS3. The van der Waals surface area contributed by atoms with Crippen molar-refractivity contribution in [3.8, 4) is 0 Å². The lowest BCUT2D eigenvalue weighted by Crippen LogP contribution is -2.34. The summed E-state index contributed by atoms with van der Waals surface area (Å²) in [6, 6.07) is 0. The fourth-order valence-corrected chi connectivity index (χ4v) is 7.28. The van der Waals surface area contributed by atoms with E-state index < -0.39 is 0 Å². The molecule has 3 heterocycles. The van der Waals surface area contributed by atoms with Crippen LogP contribution in [-0.2, 0) is 17.6 Å². The van der Waals surface area contributed by atoms with Crippen molar-refractivity contribution in [2.24, 2.45) is 0 Å². The molecule has 0 radical (unpaired) electrons. The molecule has 0 aromatic carbocycles. The predicted octanol–water partition coefficient (Wildman–Crippen LogP) is 7.09. The van der Waals surface area contributed by atoms with Crippen molar-refractivity contribution in [2.45, 2.75) is 88.7 Å². The Morgan fingerprint density at radius 1 is 1.06 bits per heavy atom. The van der Waals surface area contributed by atoms with Crippen LogP contribution in [-0.4, -0.2) is 50.9 Å². The number of thioether (sulfide) groups is 2. The number of rotatable bonds is 11. The summed E-state index contributed by atoms with van der Waals surface area (Å²) in [6.07, 6.45) is 9.74. The summed E-state index contributed by atoms with van der Waals surface area (Å²) >= 11 is 4.84. The van der Waals surface area contributed by atoms with Gasteiger partial charge in [-0.3, -0.25) is 4.79 Å². The Balaban J connectivity index is 1.71. The average Bonchev–Trinajstić information content (AvgIpc) is 3.46. The van der Waals surface area contributed by atoms with E-state index in [0.717, 1.165) is 76.8 Å². The zero-order chi connectivity index (χ0) is 24.2. The number of hydrogen-bond acceptors (Lipinski definition) is 7. The molecule has 3 aromatic heterocycles. The highest BCUT2D eigenvalue weighted by Gasteiger charge is 2.26. The Morgan fingerprint density at radius 3 is 2.41 bits per heavy atom. The number of thiophene rings is 1. The molecule has 34 heavy (non-hydrogen) atoms. The minimum Gasteiger partial charge on any atom is -0.342 e. The minimum absolute atomic E-state index is 0.214. The average molecular weight is 517 g/mol. The fourth-order valence-electron chi connectivity index (χ4n) is 4.70. The first kappa shape index (κ1) is 25.7. The molecule has 1 aliphatic carbocycles. The van der Waals surface area contributed by atoms with Gasteiger partial charge in [0.05, 0.1) is 16.0 Å². The van der Waals surface area contributed by atoms with E-state index in [1.807, 2.05) is 11.2 Å². The van der Waals surface area contributed by atoms with E-state index in [1.165, 1.54) is 28.6 Å². The van der Waals surface area contributed by atoms with Crippen molar-refractivity contribution in [1.82, 2.24) is 19.9 Å². The molecule has 0 spiro atoms. The molecule has 184 valence electrons. The Kier molecular flexibility index (Phi) is 8.75. The molecule has 0 atom stereocenters. The largest absolute Gasteiger partial charge is 0.342 e. The number of aryl methyl sites for hydroxylation is 1. The van der Waals surface area contributed by atoms with Crippen molar-refractivity contribution in [2.75, 3.05) is 25.1 Å². The van der Waals surface area contributed by atoms with Gasteiger partial charge in [-0.05, 0) is 55.4 Å². The van der Waals surface area contributed by atoms with Gasteiger partial charge in [0.1, 0.15) is 9.86 Å². The highest BCUT2D eigenvalue weighted by molar-refractivity contribution is 8.00. The van der Waals surface area contributed by atoms with Crippen molar-refractivity contribution in [1.29, 1.82) is 0 Å². The molecule has 8 heteroatoms. The highest BCUT2D eigenvalue weighted by atomic mass is 32.2. The van der Waals surface area contributed by atoms with Crippen LogP contribution in [0.25, 0.3) is 20.4 Å². The van der Waals surface area contributed by atoms with Gasteiger partial charge in [-0.25, -0.2) is 15.0 Å². The summed E-state index contributed by atoms with van der Waals surface area (Å²) in [5.74, 6) is 1.05. The van der Waals surface area contributed by atoms with E-state index in [0.29, 0.717) is 11.7 Å². The lowest BCUT2D eigenvalue weighted by atomic mass is 9.99. The third kappa shape index (κ3) is 5.24. The molecule has 0 unspecified atom stereocenters. The van der Waals surface area contributed by atoms with Crippen molar-refractivity contribution >= 4 is 61.2 Å². The molecule has 0 aliphatic heterocycles. The van der Waals surface area contributed by atoms with Gasteiger partial charge < -0.3 is 4.90 Å². The monoisotopic (exact) mass is 516 g/mol. The molecule has 1 aliphatic rings. The molecule has 0 fully saturated rings. The van der Waals surface area contributed by atoms with Gasteiger partial charge in [0.15, 0.2) is 5.16 Å². The lowest BCUT2D eigenvalue weighted by Gasteiger charge is -2.22. The van der Waals surface area contributed by atoms with Crippen molar-refractivity contribution in [3.05, 3.63) is 16.8 Å². The van der Waals surface area contributed by atoms with Gasteiger partial charge in [-0.1, -0.05) is 64.1 Å². The van der Waals surface area contributed by atoms with Gasteiger partial charge in [-0.15, -0.1) is 11.3 Å². The SMILES string of the molecule is CCCCN(CCCC)C(=O)CSc1nc(SC)nc2c1sc1nc(C(C)C)c3c(c12)CCC3. The van der Waals surface area contributed by atoms with Crippen molar-refractivity contribution in [3.63, 3.8) is 0 Å². The Morgan fingerprint density at radius 2 is 1.76 bits per heavy atom. The molecule has 0 saturated carbocycles. The van der Waals surface area contributed by atoms with Gasteiger partial charge in [-0.2, -0.15) is 0 Å². The molecule has 4 rings (SSSR count). The molecule has 1 amide bonds. The van der Waals surface area contributed by atoms with Crippen LogP contribution in [0.3, 0.4) is 0 Å². The van der Waals surface area contributed by atoms with Gasteiger partial charge >= 0.3 is 0 Å². The number of aromatic nitrogens is 3. The lowest BCUT2D eigenvalue weighted by molar-refractivity contribution is -0.128. The second-order valence-electron chi connectivity index (χ2n) is 9.31. The van der Waals surface area contributed by atoms with Gasteiger partial charge in [0.2, 0.25) is 5.91 Å². The summed E-state index contributed by atoms with van der Waals surface area (Å²) in [6.45, 7) is 10.5. The standard InChI is InChI=1S/C26H36N4OS3/c1-6-8-13-30(14-9-7-2)19(31)15-33-25-23-22(28-26(29-25)32-5)20-17-11-10-12-18(17)21(16(3)4)27-24(20)34-23/h16H,6-15H2,1-5H3. The molecule has 0 saturated heterocycles.